The van der Waals surface area contributed by atoms with Crippen molar-refractivity contribution in [3.8, 4) is 0 Å². The summed E-state index contributed by atoms with van der Waals surface area (Å²) in [5.74, 6) is 0.924. The highest BCUT2D eigenvalue weighted by molar-refractivity contribution is 4.91. The van der Waals surface area contributed by atoms with E-state index in [1.165, 1.54) is 71.2 Å². The SMILES string of the molecule is CCCNCC(CCC)N1CCC2C(CCCN2C)C1. The fourth-order valence-electron chi connectivity index (χ4n) is 4.20. The zero-order chi connectivity index (χ0) is 14.4. The molecular formula is C17H35N3. The zero-order valence-corrected chi connectivity index (χ0v) is 13.9. The van der Waals surface area contributed by atoms with Gasteiger partial charge in [0.15, 0.2) is 0 Å². The maximum Gasteiger partial charge on any atom is 0.0220 e. The Morgan fingerprint density at radius 3 is 2.75 bits per heavy atom. The van der Waals surface area contributed by atoms with Crippen molar-refractivity contribution in [2.75, 3.05) is 39.8 Å². The Morgan fingerprint density at radius 1 is 1.15 bits per heavy atom. The standard InChI is InChI=1S/C17H35N3/c1-4-7-16(13-18-10-5-2)20-12-9-17-15(14-20)8-6-11-19(17)3/h15-18H,4-14H2,1-3H3. The maximum absolute atomic E-state index is 3.65. The van der Waals surface area contributed by atoms with Gasteiger partial charge in [0.2, 0.25) is 0 Å². The molecule has 0 aromatic rings. The monoisotopic (exact) mass is 281 g/mol. The van der Waals surface area contributed by atoms with Crippen LogP contribution in [0.3, 0.4) is 0 Å². The van der Waals surface area contributed by atoms with Crippen LogP contribution in [0.4, 0.5) is 0 Å². The molecule has 3 heteroatoms. The summed E-state index contributed by atoms with van der Waals surface area (Å²) in [4.78, 5) is 5.42. The molecule has 118 valence electrons. The Labute approximate surface area is 126 Å². The van der Waals surface area contributed by atoms with Gasteiger partial charge in [0.05, 0.1) is 0 Å². The van der Waals surface area contributed by atoms with E-state index in [4.69, 9.17) is 0 Å². The third-order valence-electron chi connectivity index (χ3n) is 5.32. The van der Waals surface area contributed by atoms with Crippen molar-refractivity contribution >= 4 is 0 Å². The number of nitrogens with one attached hydrogen (secondary N) is 1. The summed E-state index contributed by atoms with van der Waals surface area (Å²) in [6.45, 7) is 10.9. The molecule has 2 fully saturated rings. The van der Waals surface area contributed by atoms with Crippen molar-refractivity contribution in [2.24, 2.45) is 5.92 Å². The number of rotatable bonds is 7. The molecule has 2 aliphatic heterocycles. The van der Waals surface area contributed by atoms with Crippen molar-refractivity contribution in [1.29, 1.82) is 0 Å². The number of hydrogen-bond donors (Lipinski definition) is 1. The minimum Gasteiger partial charge on any atom is -0.315 e. The Kier molecular flexibility index (Phi) is 6.79. The molecule has 0 radical (unpaired) electrons. The Hall–Kier alpha value is -0.120. The van der Waals surface area contributed by atoms with Gasteiger partial charge in [-0.3, -0.25) is 4.90 Å². The normalized spacial score (nSPS) is 30.1. The molecule has 1 N–H and O–H groups in total. The first kappa shape index (κ1) is 16.3. The van der Waals surface area contributed by atoms with Crippen molar-refractivity contribution in [2.45, 2.75) is 64.5 Å². The third kappa shape index (κ3) is 4.19. The lowest BCUT2D eigenvalue weighted by Crippen LogP contribution is -2.56. The van der Waals surface area contributed by atoms with Gasteiger partial charge >= 0.3 is 0 Å². The first-order valence-electron chi connectivity index (χ1n) is 8.91. The van der Waals surface area contributed by atoms with Crippen LogP contribution in [-0.2, 0) is 0 Å². The summed E-state index contributed by atoms with van der Waals surface area (Å²) in [7, 11) is 2.33. The predicted octanol–water partition coefficient (Wildman–Crippen LogP) is 2.57. The van der Waals surface area contributed by atoms with Crippen molar-refractivity contribution in [3.05, 3.63) is 0 Å². The molecule has 0 bridgehead atoms. The highest BCUT2D eigenvalue weighted by Gasteiger charge is 2.35. The molecule has 3 nitrogen and oxygen atoms in total. The molecule has 0 saturated carbocycles. The second-order valence-corrected chi connectivity index (χ2v) is 6.88. The van der Waals surface area contributed by atoms with Crippen molar-refractivity contribution in [3.63, 3.8) is 0 Å². The van der Waals surface area contributed by atoms with E-state index in [0.29, 0.717) is 0 Å². The van der Waals surface area contributed by atoms with E-state index in [2.05, 4.69) is 36.0 Å². The van der Waals surface area contributed by atoms with Gasteiger partial charge in [0.25, 0.3) is 0 Å². The van der Waals surface area contributed by atoms with E-state index < -0.39 is 0 Å². The number of fused-ring (bicyclic) bond motifs is 1. The fourth-order valence-corrected chi connectivity index (χ4v) is 4.20. The van der Waals surface area contributed by atoms with Crippen LogP contribution >= 0.6 is 0 Å². The average molecular weight is 281 g/mol. The van der Waals surface area contributed by atoms with Gasteiger partial charge < -0.3 is 10.2 Å². The molecule has 2 aliphatic rings. The van der Waals surface area contributed by atoms with Crippen LogP contribution in [0.1, 0.15) is 52.4 Å². The lowest BCUT2D eigenvalue weighted by Gasteiger charge is -2.48. The lowest BCUT2D eigenvalue weighted by atomic mass is 9.83. The first-order chi connectivity index (χ1) is 9.76. The van der Waals surface area contributed by atoms with Gasteiger partial charge in [0, 0.05) is 25.2 Å². The van der Waals surface area contributed by atoms with Crippen molar-refractivity contribution in [1.82, 2.24) is 15.1 Å². The van der Waals surface area contributed by atoms with Crippen LogP contribution in [0, 0.1) is 5.92 Å². The largest absolute Gasteiger partial charge is 0.315 e. The topological polar surface area (TPSA) is 18.5 Å². The molecule has 3 atom stereocenters. The highest BCUT2D eigenvalue weighted by atomic mass is 15.2. The van der Waals surface area contributed by atoms with E-state index in [1.807, 2.05) is 0 Å². The number of hydrogen-bond acceptors (Lipinski definition) is 3. The van der Waals surface area contributed by atoms with Gasteiger partial charge in [-0.1, -0.05) is 20.3 Å². The van der Waals surface area contributed by atoms with Crippen LogP contribution in [0.5, 0.6) is 0 Å². The van der Waals surface area contributed by atoms with Crippen LogP contribution in [0.25, 0.3) is 0 Å². The number of piperidine rings is 2. The first-order valence-corrected chi connectivity index (χ1v) is 8.91. The summed E-state index contributed by atoms with van der Waals surface area (Å²) < 4.78 is 0. The Bertz CT molecular complexity index is 269. The molecule has 2 saturated heterocycles. The summed E-state index contributed by atoms with van der Waals surface area (Å²) >= 11 is 0. The van der Waals surface area contributed by atoms with Crippen LogP contribution < -0.4 is 5.32 Å². The lowest BCUT2D eigenvalue weighted by molar-refractivity contribution is 0.0183. The summed E-state index contributed by atoms with van der Waals surface area (Å²) in [6, 6.07) is 1.63. The highest BCUT2D eigenvalue weighted by Crippen LogP contribution is 2.30. The molecule has 0 aromatic heterocycles. The van der Waals surface area contributed by atoms with Gasteiger partial charge in [-0.05, 0) is 64.7 Å². The predicted molar refractivity (Wildman–Crippen MR) is 87.2 cm³/mol. The number of nitrogens with zero attached hydrogens (tertiary/aromatic N) is 2. The van der Waals surface area contributed by atoms with Crippen LogP contribution in [-0.4, -0.2) is 61.7 Å². The zero-order valence-electron chi connectivity index (χ0n) is 13.9. The Morgan fingerprint density at radius 2 is 2.00 bits per heavy atom. The molecule has 3 unspecified atom stereocenters. The summed E-state index contributed by atoms with van der Waals surface area (Å²) in [6.07, 6.45) is 8.14. The third-order valence-corrected chi connectivity index (χ3v) is 5.32. The molecule has 0 amide bonds. The van der Waals surface area contributed by atoms with Gasteiger partial charge in [-0.25, -0.2) is 0 Å². The van der Waals surface area contributed by atoms with Gasteiger partial charge in [0.1, 0.15) is 0 Å². The molecular weight excluding hydrogens is 246 g/mol. The van der Waals surface area contributed by atoms with Gasteiger partial charge in [-0.15, -0.1) is 0 Å². The fraction of sp³-hybridized carbons (Fsp3) is 1.00. The van der Waals surface area contributed by atoms with Crippen LogP contribution in [0.15, 0.2) is 0 Å². The molecule has 2 heterocycles. The van der Waals surface area contributed by atoms with Crippen molar-refractivity contribution < 1.29 is 0 Å². The van der Waals surface area contributed by atoms with E-state index >= 15 is 0 Å². The number of likely N-dealkylation sites (tertiary alicyclic amines) is 2. The molecule has 0 aromatic carbocycles. The summed E-state index contributed by atoms with van der Waals surface area (Å²) in [5.41, 5.74) is 0. The minimum absolute atomic E-state index is 0.764. The minimum atomic E-state index is 0.764. The average Bonchev–Trinajstić information content (AvgIpc) is 2.46. The second kappa shape index (κ2) is 8.35. The smallest absolute Gasteiger partial charge is 0.0220 e. The second-order valence-electron chi connectivity index (χ2n) is 6.88. The summed E-state index contributed by atoms with van der Waals surface area (Å²) in [5, 5.41) is 3.65. The molecule has 20 heavy (non-hydrogen) atoms. The van der Waals surface area contributed by atoms with Gasteiger partial charge in [-0.2, -0.15) is 0 Å². The molecule has 0 spiro atoms. The maximum atomic E-state index is 3.65. The van der Waals surface area contributed by atoms with E-state index in [0.717, 1.165) is 18.0 Å². The van der Waals surface area contributed by atoms with E-state index in [9.17, 15) is 0 Å². The molecule has 0 aliphatic carbocycles. The van der Waals surface area contributed by atoms with E-state index in [1.54, 1.807) is 0 Å². The Balaban J connectivity index is 1.86. The molecule has 2 rings (SSSR count). The van der Waals surface area contributed by atoms with E-state index in [-0.39, 0.29) is 0 Å². The quantitative estimate of drug-likeness (QED) is 0.724. The van der Waals surface area contributed by atoms with Crippen LogP contribution in [0.2, 0.25) is 0 Å².